The SMILES string of the molecule is Cc1ccnn1-c1cccc(NC(=O)C2CCN(c3ccc4nncn4n3)CC2)c1. The molecule has 0 bridgehead atoms. The number of fused-ring (bicyclic) bond motifs is 1. The molecule has 1 amide bonds. The zero-order valence-electron chi connectivity index (χ0n) is 16.6. The Kier molecular flexibility index (Phi) is 4.62. The number of piperidine rings is 1. The Balaban J connectivity index is 1.22. The molecule has 1 aliphatic heterocycles. The van der Waals surface area contributed by atoms with Crippen molar-refractivity contribution < 1.29 is 4.79 Å². The average molecular weight is 402 g/mol. The van der Waals surface area contributed by atoms with Crippen molar-refractivity contribution in [2.24, 2.45) is 5.92 Å². The minimum Gasteiger partial charge on any atom is -0.355 e. The molecule has 30 heavy (non-hydrogen) atoms. The molecule has 5 rings (SSSR count). The first-order valence-electron chi connectivity index (χ1n) is 10.0. The highest BCUT2D eigenvalue weighted by molar-refractivity contribution is 5.93. The van der Waals surface area contributed by atoms with Gasteiger partial charge < -0.3 is 10.2 Å². The summed E-state index contributed by atoms with van der Waals surface area (Å²) >= 11 is 0. The van der Waals surface area contributed by atoms with Crippen LogP contribution in [0.5, 0.6) is 0 Å². The second-order valence-electron chi connectivity index (χ2n) is 7.51. The van der Waals surface area contributed by atoms with E-state index in [9.17, 15) is 4.79 Å². The Labute approximate surface area is 173 Å². The molecule has 4 heterocycles. The lowest BCUT2D eigenvalue weighted by molar-refractivity contribution is -0.120. The Morgan fingerprint density at radius 2 is 2.00 bits per heavy atom. The topological polar surface area (TPSA) is 93.2 Å². The van der Waals surface area contributed by atoms with Gasteiger partial charge in [0.25, 0.3) is 0 Å². The smallest absolute Gasteiger partial charge is 0.227 e. The maximum Gasteiger partial charge on any atom is 0.227 e. The van der Waals surface area contributed by atoms with E-state index in [0.29, 0.717) is 0 Å². The molecule has 1 N–H and O–H groups in total. The number of carbonyl (C=O) groups is 1. The summed E-state index contributed by atoms with van der Waals surface area (Å²) in [6.07, 6.45) is 4.93. The second kappa shape index (κ2) is 7.58. The number of rotatable bonds is 4. The molecule has 0 aliphatic carbocycles. The summed E-state index contributed by atoms with van der Waals surface area (Å²) in [6, 6.07) is 13.6. The van der Waals surface area contributed by atoms with Crippen LogP contribution in [0.25, 0.3) is 11.3 Å². The molecule has 0 unspecified atom stereocenters. The fourth-order valence-electron chi connectivity index (χ4n) is 3.86. The summed E-state index contributed by atoms with van der Waals surface area (Å²) in [5, 5.41) is 19.8. The van der Waals surface area contributed by atoms with Crippen molar-refractivity contribution in [3.8, 4) is 5.69 Å². The Morgan fingerprint density at radius 3 is 2.80 bits per heavy atom. The third kappa shape index (κ3) is 3.49. The average Bonchev–Trinajstić information content (AvgIpc) is 3.42. The minimum absolute atomic E-state index is 0.0185. The lowest BCUT2D eigenvalue weighted by Crippen LogP contribution is -2.38. The molecule has 0 spiro atoms. The predicted octanol–water partition coefficient (Wildman–Crippen LogP) is 2.47. The molecular formula is C21H22N8O. The minimum atomic E-state index is -0.0185. The summed E-state index contributed by atoms with van der Waals surface area (Å²) in [7, 11) is 0. The zero-order valence-corrected chi connectivity index (χ0v) is 16.6. The van der Waals surface area contributed by atoms with E-state index in [1.807, 2.05) is 54.1 Å². The standard InChI is InChI=1S/C21H22N8O/c1-15-7-10-23-29(15)18-4-2-3-17(13-18)24-21(30)16-8-11-27(12-9-16)20-6-5-19-25-22-14-28(19)26-20/h2-7,10,13-14,16H,8-9,11-12H2,1H3,(H,24,30). The monoisotopic (exact) mass is 402 g/mol. The highest BCUT2D eigenvalue weighted by Gasteiger charge is 2.26. The molecule has 3 aromatic heterocycles. The maximum atomic E-state index is 12.8. The molecule has 9 heteroatoms. The van der Waals surface area contributed by atoms with Crippen LogP contribution in [-0.4, -0.2) is 48.6 Å². The van der Waals surface area contributed by atoms with E-state index in [0.717, 1.165) is 54.5 Å². The summed E-state index contributed by atoms with van der Waals surface area (Å²) < 4.78 is 3.52. The van der Waals surface area contributed by atoms with Crippen LogP contribution in [0.2, 0.25) is 0 Å². The van der Waals surface area contributed by atoms with Crippen LogP contribution in [0, 0.1) is 12.8 Å². The van der Waals surface area contributed by atoms with Gasteiger partial charge in [0.2, 0.25) is 5.91 Å². The van der Waals surface area contributed by atoms with Gasteiger partial charge in [-0.05, 0) is 56.2 Å². The first-order chi connectivity index (χ1) is 14.7. The largest absolute Gasteiger partial charge is 0.355 e. The van der Waals surface area contributed by atoms with Crippen LogP contribution in [0.4, 0.5) is 11.5 Å². The molecule has 0 radical (unpaired) electrons. The Bertz CT molecular complexity index is 1190. The quantitative estimate of drug-likeness (QED) is 0.564. The Hall–Kier alpha value is -3.75. The van der Waals surface area contributed by atoms with Crippen LogP contribution in [-0.2, 0) is 4.79 Å². The fraction of sp³-hybridized carbons (Fsp3) is 0.286. The number of nitrogens with one attached hydrogen (secondary N) is 1. The number of nitrogens with zero attached hydrogens (tertiary/aromatic N) is 7. The number of benzene rings is 1. The van der Waals surface area contributed by atoms with Gasteiger partial charge in [0.1, 0.15) is 12.1 Å². The zero-order chi connectivity index (χ0) is 20.5. The van der Waals surface area contributed by atoms with Gasteiger partial charge in [0.05, 0.1) is 5.69 Å². The van der Waals surface area contributed by atoms with Crippen molar-refractivity contribution in [3.63, 3.8) is 0 Å². The van der Waals surface area contributed by atoms with E-state index >= 15 is 0 Å². The highest BCUT2D eigenvalue weighted by atomic mass is 16.1. The summed E-state index contributed by atoms with van der Waals surface area (Å²) in [6.45, 7) is 3.57. The lowest BCUT2D eigenvalue weighted by Gasteiger charge is -2.32. The molecule has 1 aliphatic rings. The summed E-state index contributed by atoms with van der Waals surface area (Å²) in [4.78, 5) is 15.0. The third-order valence-corrected chi connectivity index (χ3v) is 5.53. The van der Waals surface area contributed by atoms with E-state index in [4.69, 9.17) is 0 Å². The number of carbonyl (C=O) groups excluding carboxylic acids is 1. The van der Waals surface area contributed by atoms with Gasteiger partial charge in [-0.15, -0.1) is 15.3 Å². The second-order valence-corrected chi connectivity index (χ2v) is 7.51. The van der Waals surface area contributed by atoms with Gasteiger partial charge in [0.15, 0.2) is 5.65 Å². The van der Waals surface area contributed by atoms with Crippen molar-refractivity contribution in [3.05, 3.63) is 60.7 Å². The van der Waals surface area contributed by atoms with E-state index in [-0.39, 0.29) is 11.8 Å². The predicted molar refractivity (Wildman–Crippen MR) is 113 cm³/mol. The molecule has 1 aromatic carbocycles. The number of aromatic nitrogens is 6. The number of hydrogen-bond donors (Lipinski definition) is 1. The van der Waals surface area contributed by atoms with Crippen molar-refractivity contribution in [1.29, 1.82) is 0 Å². The van der Waals surface area contributed by atoms with Crippen LogP contribution < -0.4 is 10.2 Å². The van der Waals surface area contributed by atoms with Crippen LogP contribution in [0.1, 0.15) is 18.5 Å². The number of amides is 1. The summed E-state index contributed by atoms with van der Waals surface area (Å²) in [5.74, 6) is 0.921. The lowest BCUT2D eigenvalue weighted by atomic mass is 9.96. The molecule has 152 valence electrons. The van der Waals surface area contributed by atoms with Crippen molar-refractivity contribution in [2.45, 2.75) is 19.8 Å². The third-order valence-electron chi connectivity index (χ3n) is 5.53. The van der Waals surface area contributed by atoms with Gasteiger partial charge in [0, 0.05) is 36.6 Å². The first kappa shape index (κ1) is 18.3. The van der Waals surface area contributed by atoms with Crippen LogP contribution in [0.15, 0.2) is 55.0 Å². The highest BCUT2D eigenvalue weighted by Crippen LogP contribution is 2.24. The fourth-order valence-corrected chi connectivity index (χ4v) is 3.86. The molecule has 0 atom stereocenters. The molecule has 1 fully saturated rings. The van der Waals surface area contributed by atoms with Crippen molar-refractivity contribution >= 4 is 23.1 Å². The van der Waals surface area contributed by atoms with Crippen molar-refractivity contribution in [2.75, 3.05) is 23.3 Å². The molecule has 4 aromatic rings. The van der Waals surface area contributed by atoms with Gasteiger partial charge in [-0.2, -0.15) is 9.61 Å². The van der Waals surface area contributed by atoms with Gasteiger partial charge in [-0.25, -0.2) is 4.68 Å². The normalized spacial score (nSPS) is 14.9. The van der Waals surface area contributed by atoms with E-state index in [1.165, 1.54) is 0 Å². The van der Waals surface area contributed by atoms with E-state index in [2.05, 4.69) is 30.6 Å². The molecular weight excluding hydrogens is 380 g/mol. The number of anilines is 2. The molecule has 1 saturated heterocycles. The maximum absolute atomic E-state index is 12.8. The Morgan fingerprint density at radius 1 is 1.13 bits per heavy atom. The molecule has 9 nitrogen and oxygen atoms in total. The van der Waals surface area contributed by atoms with E-state index in [1.54, 1.807) is 17.0 Å². The summed E-state index contributed by atoms with van der Waals surface area (Å²) in [5.41, 5.74) is 3.49. The first-order valence-corrected chi connectivity index (χ1v) is 10.0. The van der Waals surface area contributed by atoms with Gasteiger partial charge >= 0.3 is 0 Å². The van der Waals surface area contributed by atoms with E-state index < -0.39 is 0 Å². The van der Waals surface area contributed by atoms with Crippen LogP contribution >= 0.6 is 0 Å². The van der Waals surface area contributed by atoms with Gasteiger partial charge in [-0.1, -0.05) is 6.07 Å². The number of aryl methyl sites for hydroxylation is 1. The number of hydrogen-bond acceptors (Lipinski definition) is 6. The van der Waals surface area contributed by atoms with Gasteiger partial charge in [-0.3, -0.25) is 4.79 Å². The van der Waals surface area contributed by atoms with Crippen LogP contribution in [0.3, 0.4) is 0 Å². The van der Waals surface area contributed by atoms with Crippen molar-refractivity contribution in [1.82, 2.24) is 29.6 Å². The molecule has 0 saturated carbocycles.